The number of rotatable bonds is 8. The van der Waals surface area contributed by atoms with Crippen LogP contribution in [0.25, 0.3) is 10.8 Å². The zero-order chi connectivity index (χ0) is 28.3. The molecular weight excluding hydrogens is 490 g/mol. The number of ether oxygens (including phenoxy) is 3. The molecule has 1 atom stereocenters. The summed E-state index contributed by atoms with van der Waals surface area (Å²) in [6.45, 7) is 10.8. The second-order valence-electron chi connectivity index (χ2n) is 10.6. The molecule has 0 aliphatic heterocycles. The van der Waals surface area contributed by atoms with Gasteiger partial charge in [0.05, 0.1) is 19.8 Å². The van der Waals surface area contributed by atoms with Gasteiger partial charge >= 0.3 is 12.1 Å². The molecule has 0 fully saturated rings. The van der Waals surface area contributed by atoms with Crippen molar-refractivity contribution < 1.29 is 33.7 Å². The van der Waals surface area contributed by atoms with Gasteiger partial charge in [-0.2, -0.15) is 0 Å². The molecule has 2 N–H and O–H groups in total. The monoisotopic (exact) mass is 525 g/mol. The molecular formula is C28H35N3O7. The number of pyridine rings is 1. The van der Waals surface area contributed by atoms with E-state index in [1.807, 2.05) is 20.8 Å². The molecule has 1 unspecified atom stereocenters. The van der Waals surface area contributed by atoms with Crippen LogP contribution in [0.3, 0.4) is 0 Å². The third kappa shape index (κ3) is 7.04. The fourth-order valence-electron chi connectivity index (χ4n) is 3.64. The van der Waals surface area contributed by atoms with E-state index in [0.717, 1.165) is 5.06 Å². The molecule has 204 valence electrons. The van der Waals surface area contributed by atoms with E-state index in [-0.39, 0.29) is 5.82 Å². The van der Waals surface area contributed by atoms with Crippen molar-refractivity contribution in [3.05, 3.63) is 54.2 Å². The van der Waals surface area contributed by atoms with Gasteiger partial charge in [-0.15, -0.1) is 5.06 Å². The Morgan fingerprint density at radius 1 is 0.921 bits per heavy atom. The molecule has 2 aromatic carbocycles. The van der Waals surface area contributed by atoms with Crippen molar-refractivity contribution in [3.63, 3.8) is 0 Å². The minimum atomic E-state index is -1.07. The number of carboxylic acids is 1. The standard InChI is InChI=1S/C28H35N3O7/c1-27(2,3)37-26(34)31(38-28(4,5)6)24-20-11-10-19(15-17(20)13-14-29-24)30-23(25(32)33)18-9-12-21(35-7)22(16-18)36-8/h9-16,23,30H,1-8H3,(H,32,33). The average Bonchev–Trinajstić information content (AvgIpc) is 2.83. The van der Waals surface area contributed by atoms with Crippen LogP contribution in [0.4, 0.5) is 16.3 Å². The first kappa shape index (κ1) is 28.5. The molecule has 0 aliphatic rings. The van der Waals surface area contributed by atoms with Crippen molar-refractivity contribution in [1.29, 1.82) is 0 Å². The summed E-state index contributed by atoms with van der Waals surface area (Å²) in [7, 11) is 3.00. The number of carboxylic acid groups (broad SMARTS) is 1. The van der Waals surface area contributed by atoms with E-state index in [1.54, 1.807) is 69.4 Å². The molecule has 10 heteroatoms. The summed E-state index contributed by atoms with van der Waals surface area (Å²) in [5, 5.41) is 15.4. The van der Waals surface area contributed by atoms with E-state index in [0.29, 0.717) is 33.5 Å². The van der Waals surface area contributed by atoms with Gasteiger partial charge in [0.2, 0.25) is 0 Å². The number of hydrogen-bond donors (Lipinski definition) is 2. The Morgan fingerprint density at radius 2 is 1.61 bits per heavy atom. The van der Waals surface area contributed by atoms with Gasteiger partial charge in [0.15, 0.2) is 23.4 Å². The van der Waals surface area contributed by atoms with Crippen LogP contribution in [0.5, 0.6) is 11.5 Å². The second-order valence-corrected chi connectivity index (χ2v) is 10.6. The Morgan fingerprint density at radius 3 is 2.18 bits per heavy atom. The van der Waals surface area contributed by atoms with E-state index in [4.69, 9.17) is 19.0 Å². The second kappa shape index (κ2) is 11.1. The molecule has 0 saturated carbocycles. The smallest absolute Gasteiger partial charge is 0.440 e. The number of aromatic nitrogens is 1. The predicted molar refractivity (Wildman–Crippen MR) is 145 cm³/mol. The number of carbonyl (C=O) groups excluding carboxylic acids is 1. The van der Waals surface area contributed by atoms with Gasteiger partial charge in [0.1, 0.15) is 5.60 Å². The summed E-state index contributed by atoms with van der Waals surface area (Å²) in [5.41, 5.74) is -0.414. The van der Waals surface area contributed by atoms with E-state index < -0.39 is 29.3 Å². The van der Waals surface area contributed by atoms with Crippen molar-refractivity contribution in [2.24, 2.45) is 0 Å². The molecule has 1 heterocycles. The maximum atomic E-state index is 13.1. The lowest BCUT2D eigenvalue weighted by atomic mass is 10.0. The molecule has 0 saturated heterocycles. The molecule has 1 aromatic heterocycles. The number of aliphatic carboxylic acids is 1. The molecule has 3 aromatic rings. The Kier molecular flexibility index (Phi) is 8.36. The van der Waals surface area contributed by atoms with E-state index >= 15 is 0 Å². The number of nitrogens with one attached hydrogen (secondary N) is 1. The highest BCUT2D eigenvalue weighted by molar-refractivity contribution is 6.00. The van der Waals surface area contributed by atoms with E-state index in [2.05, 4.69) is 10.3 Å². The van der Waals surface area contributed by atoms with Gasteiger partial charge in [-0.25, -0.2) is 14.6 Å². The fourth-order valence-corrected chi connectivity index (χ4v) is 3.64. The normalized spacial score (nSPS) is 12.5. The first-order valence-electron chi connectivity index (χ1n) is 12.0. The van der Waals surface area contributed by atoms with Gasteiger partial charge in [-0.1, -0.05) is 6.07 Å². The van der Waals surface area contributed by atoms with Crippen LogP contribution >= 0.6 is 0 Å². The van der Waals surface area contributed by atoms with Crippen molar-refractivity contribution >= 4 is 34.3 Å². The lowest BCUT2D eigenvalue weighted by Crippen LogP contribution is -2.42. The third-order valence-electron chi connectivity index (χ3n) is 5.16. The molecule has 10 nitrogen and oxygen atoms in total. The van der Waals surface area contributed by atoms with Crippen molar-refractivity contribution in [2.45, 2.75) is 58.8 Å². The number of nitrogens with zero attached hydrogens (tertiary/aromatic N) is 2. The number of amides is 1. The van der Waals surface area contributed by atoms with Crippen molar-refractivity contribution in [1.82, 2.24) is 4.98 Å². The number of anilines is 2. The molecule has 3 rings (SSSR count). The Labute approximate surface area is 222 Å². The quantitative estimate of drug-likeness (QED) is 0.343. The number of hydrogen-bond acceptors (Lipinski definition) is 8. The van der Waals surface area contributed by atoms with Gasteiger partial charge in [0, 0.05) is 17.3 Å². The maximum Gasteiger partial charge on any atom is 0.440 e. The van der Waals surface area contributed by atoms with Gasteiger partial charge < -0.3 is 24.6 Å². The predicted octanol–water partition coefficient (Wildman–Crippen LogP) is 5.96. The first-order chi connectivity index (χ1) is 17.7. The van der Waals surface area contributed by atoms with E-state index in [9.17, 15) is 14.7 Å². The zero-order valence-electron chi connectivity index (χ0n) is 23.0. The molecule has 0 radical (unpaired) electrons. The summed E-state index contributed by atoms with van der Waals surface area (Å²) in [6.07, 6.45) is 0.849. The Balaban J connectivity index is 2.00. The molecule has 0 spiro atoms. The van der Waals surface area contributed by atoms with Crippen molar-refractivity contribution in [2.75, 3.05) is 24.6 Å². The summed E-state index contributed by atoms with van der Waals surface area (Å²) in [5.74, 6) is 0.113. The topological polar surface area (TPSA) is 119 Å². The summed E-state index contributed by atoms with van der Waals surface area (Å²) in [6, 6.07) is 10.9. The SMILES string of the molecule is COc1ccc(C(Nc2ccc3c(N(OC(C)(C)C)C(=O)OC(C)(C)C)nccc3c2)C(=O)O)cc1OC. The number of hydroxylamine groups is 1. The number of carbonyl (C=O) groups is 2. The molecule has 0 bridgehead atoms. The molecule has 1 amide bonds. The summed E-state index contributed by atoms with van der Waals surface area (Å²) < 4.78 is 16.1. The van der Waals surface area contributed by atoms with Crippen LogP contribution in [-0.4, -0.2) is 47.6 Å². The number of fused-ring (bicyclic) bond motifs is 1. The molecule has 0 aliphatic carbocycles. The van der Waals surface area contributed by atoms with Crippen LogP contribution in [0.1, 0.15) is 53.1 Å². The van der Waals surface area contributed by atoms with E-state index in [1.165, 1.54) is 14.2 Å². The average molecular weight is 526 g/mol. The number of methoxy groups -OCH3 is 2. The summed E-state index contributed by atoms with van der Waals surface area (Å²) in [4.78, 5) is 35.6. The lowest BCUT2D eigenvalue weighted by Gasteiger charge is -2.31. The Hall–Kier alpha value is -4.05. The highest BCUT2D eigenvalue weighted by Gasteiger charge is 2.31. The highest BCUT2D eigenvalue weighted by Crippen LogP contribution is 2.34. The highest BCUT2D eigenvalue weighted by atomic mass is 16.7. The van der Waals surface area contributed by atoms with Crippen LogP contribution in [0, 0.1) is 0 Å². The maximum absolute atomic E-state index is 13.1. The van der Waals surface area contributed by atoms with Gasteiger partial charge in [0.25, 0.3) is 0 Å². The molecule has 38 heavy (non-hydrogen) atoms. The van der Waals surface area contributed by atoms with Crippen molar-refractivity contribution in [3.8, 4) is 11.5 Å². The zero-order valence-corrected chi connectivity index (χ0v) is 23.0. The van der Waals surface area contributed by atoms with Gasteiger partial charge in [-0.3, -0.25) is 4.84 Å². The van der Waals surface area contributed by atoms with Crippen LogP contribution in [-0.2, 0) is 14.4 Å². The number of benzene rings is 2. The van der Waals surface area contributed by atoms with Crippen LogP contribution in [0.15, 0.2) is 48.7 Å². The summed E-state index contributed by atoms with van der Waals surface area (Å²) >= 11 is 0. The first-order valence-corrected chi connectivity index (χ1v) is 12.0. The minimum absolute atomic E-state index is 0.257. The van der Waals surface area contributed by atoms with Gasteiger partial charge in [-0.05, 0) is 88.9 Å². The third-order valence-corrected chi connectivity index (χ3v) is 5.16. The van der Waals surface area contributed by atoms with Crippen LogP contribution in [0.2, 0.25) is 0 Å². The fraction of sp³-hybridized carbons (Fsp3) is 0.393. The van der Waals surface area contributed by atoms with Crippen LogP contribution < -0.4 is 19.9 Å². The Bertz CT molecular complexity index is 1310. The largest absolute Gasteiger partial charge is 0.493 e. The lowest BCUT2D eigenvalue weighted by molar-refractivity contribution is -0.138. The minimum Gasteiger partial charge on any atom is -0.493 e.